The molecule has 0 amide bonds. The number of rotatable bonds is 5. The Balaban J connectivity index is 1.54. The van der Waals surface area contributed by atoms with Crippen molar-refractivity contribution < 1.29 is 22.7 Å². The Kier molecular flexibility index (Phi) is 6.31. The van der Waals surface area contributed by atoms with Crippen molar-refractivity contribution in [2.45, 2.75) is 20.3 Å². The zero-order chi connectivity index (χ0) is 23.5. The van der Waals surface area contributed by atoms with E-state index in [0.717, 1.165) is 11.6 Å². The number of hydrogen-bond acceptors (Lipinski definition) is 2. The molecule has 0 atom stereocenters. The molecule has 0 N–H and O–H groups in total. The highest BCUT2D eigenvalue weighted by molar-refractivity contribution is 5.91. The van der Waals surface area contributed by atoms with Gasteiger partial charge in [-0.1, -0.05) is 67.1 Å². The van der Waals surface area contributed by atoms with Gasteiger partial charge in [0.05, 0.1) is 5.56 Å². The van der Waals surface area contributed by atoms with E-state index in [4.69, 9.17) is 4.74 Å². The average molecular weight is 446 g/mol. The third-order valence-electron chi connectivity index (χ3n) is 5.49. The maximum Gasteiger partial charge on any atom is 0.343 e. The number of halogens is 3. The average Bonchev–Trinajstić information content (AvgIpc) is 2.82. The van der Waals surface area contributed by atoms with Gasteiger partial charge in [-0.2, -0.15) is 0 Å². The van der Waals surface area contributed by atoms with E-state index in [1.54, 1.807) is 24.3 Å². The fraction of sp³-hybridized carbons (Fsp3) is 0.107. The molecule has 0 heterocycles. The van der Waals surface area contributed by atoms with Crippen LogP contribution in [-0.4, -0.2) is 5.97 Å². The predicted molar refractivity (Wildman–Crippen MR) is 123 cm³/mol. The summed E-state index contributed by atoms with van der Waals surface area (Å²) in [5.74, 6) is -2.84. The first-order valence-corrected chi connectivity index (χ1v) is 10.5. The molecule has 0 aliphatic rings. The number of hydrogen-bond donors (Lipinski definition) is 0. The minimum absolute atomic E-state index is 0.0913. The van der Waals surface area contributed by atoms with Crippen LogP contribution in [0.15, 0.2) is 78.9 Å². The summed E-state index contributed by atoms with van der Waals surface area (Å²) in [6.07, 6.45) is 0.520. The first kappa shape index (κ1) is 22.3. The fourth-order valence-corrected chi connectivity index (χ4v) is 3.56. The second kappa shape index (κ2) is 9.33. The number of benzene rings is 4. The molecule has 0 aliphatic carbocycles. The van der Waals surface area contributed by atoms with Crippen molar-refractivity contribution in [1.82, 2.24) is 0 Å². The highest BCUT2D eigenvalue weighted by atomic mass is 19.2. The molecule has 0 radical (unpaired) electrons. The van der Waals surface area contributed by atoms with Crippen LogP contribution in [0.5, 0.6) is 5.75 Å². The lowest BCUT2D eigenvalue weighted by Gasteiger charge is -2.10. The van der Waals surface area contributed by atoms with E-state index in [9.17, 15) is 18.0 Å². The van der Waals surface area contributed by atoms with E-state index in [1.807, 2.05) is 26.0 Å². The topological polar surface area (TPSA) is 26.3 Å². The molecule has 0 spiro atoms. The van der Waals surface area contributed by atoms with Crippen LogP contribution < -0.4 is 4.74 Å². The van der Waals surface area contributed by atoms with Crippen LogP contribution in [0.4, 0.5) is 13.2 Å². The van der Waals surface area contributed by atoms with E-state index < -0.39 is 23.4 Å². The Labute approximate surface area is 190 Å². The van der Waals surface area contributed by atoms with Crippen LogP contribution in [0.2, 0.25) is 0 Å². The van der Waals surface area contributed by atoms with Crippen LogP contribution >= 0.6 is 0 Å². The molecule has 0 saturated heterocycles. The lowest BCUT2D eigenvalue weighted by molar-refractivity contribution is 0.0734. The van der Waals surface area contributed by atoms with E-state index in [-0.39, 0.29) is 22.4 Å². The van der Waals surface area contributed by atoms with Crippen LogP contribution in [0.25, 0.3) is 22.3 Å². The second-order valence-corrected chi connectivity index (χ2v) is 7.73. The second-order valence-electron chi connectivity index (χ2n) is 7.73. The van der Waals surface area contributed by atoms with Gasteiger partial charge in [0.1, 0.15) is 11.6 Å². The molecule has 4 aromatic carbocycles. The van der Waals surface area contributed by atoms with Crippen molar-refractivity contribution in [3.05, 3.63) is 113 Å². The van der Waals surface area contributed by atoms with Gasteiger partial charge in [-0.05, 0) is 54.3 Å². The van der Waals surface area contributed by atoms with Crippen molar-refractivity contribution in [2.24, 2.45) is 0 Å². The van der Waals surface area contributed by atoms with Crippen LogP contribution in [0, 0.1) is 24.4 Å². The number of carbonyl (C=O) groups is 1. The number of ether oxygens (including phenoxy) is 1. The molecule has 4 aromatic rings. The summed E-state index contributed by atoms with van der Waals surface area (Å²) in [5, 5.41) is 0. The zero-order valence-electron chi connectivity index (χ0n) is 18.2. The molecular formula is C28H21F3O2. The Hall–Kier alpha value is -3.86. The highest BCUT2D eigenvalue weighted by Gasteiger charge is 2.17. The van der Waals surface area contributed by atoms with E-state index in [0.29, 0.717) is 23.1 Å². The maximum absolute atomic E-state index is 14.8. The van der Waals surface area contributed by atoms with Crippen LogP contribution in [0.3, 0.4) is 0 Å². The van der Waals surface area contributed by atoms with Crippen LogP contribution in [-0.2, 0) is 6.42 Å². The molecule has 5 heteroatoms. The van der Waals surface area contributed by atoms with Gasteiger partial charge in [0.15, 0.2) is 11.6 Å². The monoisotopic (exact) mass is 446 g/mol. The Morgan fingerprint density at radius 3 is 1.82 bits per heavy atom. The normalized spacial score (nSPS) is 10.8. The summed E-state index contributed by atoms with van der Waals surface area (Å²) in [4.78, 5) is 12.3. The number of esters is 1. The molecule has 0 saturated carbocycles. The largest absolute Gasteiger partial charge is 0.423 e. The molecule has 0 fully saturated rings. The summed E-state index contributed by atoms with van der Waals surface area (Å²) >= 11 is 0. The quantitative estimate of drug-likeness (QED) is 0.234. The third kappa shape index (κ3) is 4.67. The number of aryl methyl sites for hydroxylation is 2. The van der Waals surface area contributed by atoms with E-state index in [2.05, 4.69) is 0 Å². The molecule has 2 nitrogen and oxygen atoms in total. The third-order valence-corrected chi connectivity index (χ3v) is 5.49. The molecule has 0 aliphatic heterocycles. The van der Waals surface area contributed by atoms with Crippen molar-refractivity contribution in [1.29, 1.82) is 0 Å². The molecule has 4 rings (SSSR count). The van der Waals surface area contributed by atoms with Crippen LogP contribution in [0.1, 0.15) is 28.4 Å². The Morgan fingerprint density at radius 1 is 0.758 bits per heavy atom. The van der Waals surface area contributed by atoms with E-state index in [1.165, 1.54) is 36.4 Å². The summed E-state index contributed by atoms with van der Waals surface area (Å²) in [7, 11) is 0. The van der Waals surface area contributed by atoms with Crippen molar-refractivity contribution in [2.75, 3.05) is 0 Å². The summed E-state index contributed by atoms with van der Waals surface area (Å²) in [6.45, 7) is 3.74. The number of carbonyl (C=O) groups excluding carboxylic acids is 1. The van der Waals surface area contributed by atoms with Crippen molar-refractivity contribution in [3.63, 3.8) is 0 Å². The lowest BCUT2D eigenvalue weighted by atomic mass is 9.98. The minimum Gasteiger partial charge on any atom is -0.423 e. The maximum atomic E-state index is 14.8. The molecule has 0 unspecified atom stereocenters. The Bertz CT molecular complexity index is 1310. The first-order valence-electron chi connectivity index (χ1n) is 10.5. The minimum atomic E-state index is -0.954. The Morgan fingerprint density at radius 2 is 1.30 bits per heavy atom. The highest BCUT2D eigenvalue weighted by Crippen LogP contribution is 2.32. The molecule has 166 valence electrons. The van der Waals surface area contributed by atoms with E-state index >= 15 is 0 Å². The summed E-state index contributed by atoms with van der Waals surface area (Å²) in [5.41, 5.74) is 2.93. The van der Waals surface area contributed by atoms with Gasteiger partial charge < -0.3 is 4.74 Å². The molecular weight excluding hydrogens is 425 g/mol. The van der Waals surface area contributed by atoms with Crippen molar-refractivity contribution in [3.8, 4) is 28.0 Å². The summed E-state index contributed by atoms with van der Waals surface area (Å²) in [6, 6.07) is 20.5. The van der Waals surface area contributed by atoms with Gasteiger partial charge in [0.2, 0.25) is 0 Å². The first-order chi connectivity index (χ1) is 15.9. The standard InChI is InChI=1S/C28H21F3O2/c1-3-18-8-9-21(16-25(18)29)28(32)33-22-12-10-20(11-13-22)24-15-14-23(26(30)27(24)31)19-6-4-17(2)5-7-19/h4-16H,3H2,1-2H3. The molecule has 33 heavy (non-hydrogen) atoms. The van der Waals surface area contributed by atoms with Gasteiger partial charge in [0.25, 0.3) is 0 Å². The molecule has 0 aromatic heterocycles. The van der Waals surface area contributed by atoms with Gasteiger partial charge >= 0.3 is 5.97 Å². The van der Waals surface area contributed by atoms with Gasteiger partial charge in [0, 0.05) is 11.1 Å². The van der Waals surface area contributed by atoms with Gasteiger partial charge in [-0.15, -0.1) is 0 Å². The SMILES string of the molecule is CCc1ccc(C(=O)Oc2ccc(-c3ccc(-c4ccc(C)cc4)c(F)c3F)cc2)cc1F. The fourth-order valence-electron chi connectivity index (χ4n) is 3.56. The van der Waals surface area contributed by atoms with Gasteiger partial charge in [-0.25, -0.2) is 18.0 Å². The predicted octanol–water partition coefficient (Wildman–Crippen LogP) is 7.53. The van der Waals surface area contributed by atoms with Crippen molar-refractivity contribution >= 4 is 5.97 Å². The molecule has 0 bridgehead atoms. The van der Waals surface area contributed by atoms with Gasteiger partial charge in [-0.3, -0.25) is 0 Å². The zero-order valence-corrected chi connectivity index (χ0v) is 18.2. The summed E-state index contributed by atoms with van der Waals surface area (Å²) < 4.78 is 48.9. The smallest absolute Gasteiger partial charge is 0.343 e. The lowest BCUT2D eigenvalue weighted by Crippen LogP contribution is -2.09.